The molecule has 1 N–H and O–H groups in total. The Morgan fingerprint density at radius 3 is 3.08 bits per heavy atom. The normalized spacial score (nSPS) is 9.62. The smallest absolute Gasteiger partial charge is 0.341 e. The lowest BCUT2D eigenvalue weighted by atomic mass is 10.3. The molecule has 1 aromatic heterocycles. The third kappa shape index (κ3) is 2.41. The zero-order chi connectivity index (χ0) is 9.68. The number of carboxylic acids is 1. The Morgan fingerprint density at radius 2 is 2.46 bits per heavy atom. The lowest BCUT2D eigenvalue weighted by molar-refractivity contribution is 0.0452. The highest BCUT2D eigenvalue weighted by atomic mass is 16.7. The Bertz CT molecular complexity index is 300. The van der Waals surface area contributed by atoms with E-state index in [-0.39, 0.29) is 18.2 Å². The van der Waals surface area contributed by atoms with Crippen LogP contribution in [0.4, 0.5) is 0 Å². The molecule has 0 atom stereocenters. The van der Waals surface area contributed by atoms with E-state index in [2.05, 4.69) is 9.72 Å². The summed E-state index contributed by atoms with van der Waals surface area (Å²) in [4.78, 5) is 14.4. The number of pyridine rings is 1. The fourth-order valence-electron chi connectivity index (χ4n) is 0.783. The van der Waals surface area contributed by atoms with Crippen molar-refractivity contribution in [2.24, 2.45) is 0 Å². The molecule has 0 aliphatic heterocycles. The molecule has 0 amide bonds. The lowest BCUT2D eigenvalue weighted by Gasteiger charge is -2.05. The van der Waals surface area contributed by atoms with Crippen LogP contribution < -0.4 is 4.74 Å². The van der Waals surface area contributed by atoms with Gasteiger partial charge in [0.05, 0.1) is 0 Å². The molecule has 0 unspecified atom stereocenters. The molecule has 1 aromatic rings. The summed E-state index contributed by atoms with van der Waals surface area (Å²) in [5.74, 6) is -1.00. The molecule has 1 heterocycles. The van der Waals surface area contributed by atoms with Crippen molar-refractivity contribution in [3.05, 3.63) is 23.9 Å². The number of rotatable bonds is 4. The van der Waals surface area contributed by atoms with Crippen LogP contribution >= 0.6 is 0 Å². The summed E-state index contributed by atoms with van der Waals surface area (Å²) in [6, 6.07) is 2.95. The summed E-state index contributed by atoms with van der Waals surface area (Å²) in [6.07, 6.45) is 1.46. The Kier molecular flexibility index (Phi) is 3.22. The first-order chi connectivity index (χ1) is 6.25. The van der Waals surface area contributed by atoms with E-state index in [4.69, 9.17) is 9.84 Å². The molecule has 0 radical (unpaired) electrons. The summed E-state index contributed by atoms with van der Waals surface area (Å²) in [7, 11) is 1.45. The standard InChI is InChI=1S/C8H9NO4/c1-12-5-13-7-6(8(10)11)3-2-4-9-7/h2-4H,5H2,1H3,(H,10,11). The first-order valence-electron chi connectivity index (χ1n) is 3.55. The number of ether oxygens (including phenoxy) is 2. The van der Waals surface area contributed by atoms with E-state index in [0.29, 0.717) is 0 Å². The van der Waals surface area contributed by atoms with Crippen LogP contribution in [0.5, 0.6) is 5.88 Å². The molecule has 0 bridgehead atoms. The Hall–Kier alpha value is -1.62. The summed E-state index contributed by atoms with van der Waals surface area (Å²) < 4.78 is 9.56. The molecular weight excluding hydrogens is 174 g/mol. The number of aromatic carboxylic acids is 1. The minimum absolute atomic E-state index is 0.0166. The molecule has 0 aliphatic carbocycles. The van der Waals surface area contributed by atoms with Gasteiger partial charge in [0, 0.05) is 13.3 Å². The third-order valence-corrected chi connectivity index (χ3v) is 1.32. The summed E-state index contributed by atoms with van der Waals surface area (Å²) >= 11 is 0. The monoisotopic (exact) mass is 183 g/mol. The number of carbonyl (C=O) groups is 1. The molecule has 13 heavy (non-hydrogen) atoms. The van der Waals surface area contributed by atoms with Gasteiger partial charge in [-0.25, -0.2) is 9.78 Å². The first-order valence-corrected chi connectivity index (χ1v) is 3.55. The van der Waals surface area contributed by atoms with Gasteiger partial charge in [-0.2, -0.15) is 0 Å². The second kappa shape index (κ2) is 4.42. The van der Waals surface area contributed by atoms with Crippen LogP contribution in [0.15, 0.2) is 18.3 Å². The number of aromatic nitrogens is 1. The SMILES string of the molecule is COCOc1ncccc1C(=O)O. The van der Waals surface area contributed by atoms with Crippen molar-refractivity contribution < 1.29 is 19.4 Å². The maximum absolute atomic E-state index is 10.6. The number of hydrogen-bond acceptors (Lipinski definition) is 4. The van der Waals surface area contributed by atoms with Gasteiger partial charge in [-0.1, -0.05) is 0 Å². The highest BCUT2D eigenvalue weighted by molar-refractivity contribution is 5.89. The summed E-state index contributed by atoms with van der Waals surface area (Å²) in [6.45, 7) is -0.0166. The van der Waals surface area contributed by atoms with Crippen LogP contribution in [0.1, 0.15) is 10.4 Å². The molecule has 70 valence electrons. The number of nitrogens with zero attached hydrogens (tertiary/aromatic N) is 1. The second-order valence-electron chi connectivity index (χ2n) is 2.21. The quantitative estimate of drug-likeness (QED) is 0.698. The van der Waals surface area contributed by atoms with Gasteiger partial charge in [-0.05, 0) is 12.1 Å². The molecule has 0 saturated carbocycles. The minimum atomic E-state index is -1.07. The van der Waals surface area contributed by atoms with Gasteiger partial charge in [0.25, 0.3) is 0 Å². The van der Waals surface area contributed by atoms with Crippen LogP contribution in [-0.4, -0.2) is 30.0 Å². The zero-order valence-electron chi connectivity index (χ0n) is 7.06. The van der Waals surface area contributed by atoms with E-state index in [0.717, 1.165) is 0 Å². The predicted octanol–water partition coefficient (Wildman–Crippen LogP) is 0.762. The number of carboxylic acid groups (broad SMARTS) is 1. The lowest BCUT2D eigenvalue weighted by Crippen LogP contribution is -2.06. The summed E-state index contributed by atoms with van der Waals surface area (Å²) in [5, 5.41) is 8.70. The van der Waals surface area contributed by atoms with Crippen LogP contribution in [0.25, 0.3) is 0 Å². The molecule has 0 aromatic carbocycles. The second-order valence-corrected chi connectivity index (χ2v) is 2.21. The van der Waals surface area contributed by atoms with Crippen LogP contribution in [0.3, 0.4) is 0 Å². The fourth-order valence-corrected chi connectivity index (χ4v) is 0.783. The van der Waals surface area contributed by atoms with Gasteiger partial charge in [-0.3, -0.25) is 0 Å². The van der Waals surface area contributed by atoms with Crippen molar-refractivity contribution in [2.45, 2.75) is 0 Å². The van der Waals surface area contributed by atoms with E-state index >= 15 is 0 Å². The van der Waals surface area contributed by atoms with E-state index < -0.39 is 5.97 Å². The van der Waals surface area contributed by atoms with Crippen LogP contribution in [-0.2, 0) is 4.74 Å². The topological polar surface area (TPSA) is 68.7 Å². The van der Waals surface area contributed by atoms with Crippen molar-refractivity contribution in [3.8, 4) is 5.88 Å². The van der Waals surface area contributed by atoms with Crippen LogP contribution in [0.2, 0.25) is 0 Å². The Morgan fingerprint density at radius 1 is 1.69 bits per heavy atom. The average molecular weight is 183 g/mol. The molecule has 5 nitrogen and oxygen atoms in total. The van der Waals surface area contributed by atoms with Gasteiger partial charge in [0.2, 0.25) is 5.88 Å². The Balaban J connectivity index is 2.84. The van der Waals surface area contributed by atoms with Gasteiger partial charge in [0.15, 0.2) is 6.79 Å². The first kappa shape index (κ1) is 9.47. The fraction of sp³-hybridized carbons (Fsp3) is 0.250. The van der Waals surface area contributed by atoms with Gasteiger partial charge < -0.3 is 14.6 Å². The highest BCUT2D eigenvalue weighted by Crippen LogP contribution is 2.13. The molecule has 0 spiro atoms. The minimum Gasteiger partial charge on any atom is -0.477 e. The zero-order valence-corrected chi connectivity index (χ0v) is 7.06. The molecule has 0 saturated heterocycles. The van der Waals surface area contributed by atoms with Crippen molar-refractivity contribution in [1.29, 1.82) is 0 Å². The van der Waals surface area contributed by atoms with Crippen molar-refractivity contribution in [2.75, 3.05) is 13.9 Å². The van der Waals surface area contributed by atoms with Crippen molar-refractivity contribution in [1.82, 2.24) is 4.98 Å². The summed E-state index contributed by atoms with van der Waals surface area (Å²) in [5.41, 5.74) is 0.0274. The number of hydrogen-bond donors (Lipinski definition) is 1. The molecular formula is C8H9NO4. The maximum Gasteiger partial charge on any atom is 0.341 e. The predicted molar refractivity (Wildman–Crippen MR) is 43.7 cm³/mol. The average Bonchev–Trinajstić information content (AvgIpc) is 2.15. The largest absolute Gasteiger partial charge is 0.477 e. The molecule has 0 fully saturated rings. The highest BCUT2D eigenvalue weighted by Gasteiger charge is 2.10. The van der Waals surface area contributed by atoms with E-state index in [9.17, 15) is 4.79 Å². The molecule has 1 rings (SSSR count). The molecule has 5 heteroatoms. The van der Waals surface area contributed by atoms with E-state index in [1.165, 1.54) is 25.4 Å². The Labute approximate surface area is 74.9 Å². The van der Waals surface area contributed by atoms with Crippen LogP contribution in [0, 0.1) is 0 Å². The maximum atomic E-state index is 10.6. The number of methoxy groups -OCH3 is 1. The van der Waals surface area contributed by atoms with Crippen molar-refractivity contribution in [3.63, 3.8) is 0 Å². The van der Waals surface area contributed by atoms with Gasteiger partial charge in [-0.15, -0.1) is 0 Å². The van der Waals surface area contributed by atoms with Gasteiger partial charge >= 0.3 is 5.97 Å². The van der Waals surface area contributed by atoms with E-state index in [1.54, 1.807) is 0 Å². The third-order valence-electron chi connectivity index (χ3n) is 1.32. The molecule has 0 aliphatic rings. The van der Waals surface area contributed by atoms with E-state index in [1.807, 2.05) is 0 Å². The van der Waals surface area contributed by atoms with Gasteiger partial charge in [0.1, 0.15) is 5.56 Å². The van der Waals surface area contributed by atoms with Crippen molar-refractivity contribution >= 4 is 5.97 Å².